The van der Waals surface area contributed by atoms with Crippen molar-refractivity contribution < 1.29 is 0 Å². The van der Waals surface area contributed by atoms with Crippen LogP contribution in [0.1, 0.15) is 0 Å². The molecule has 0 aliphatic rings. The molecule has 3 aromatic heterocycles. The summed E-state index contributed by atoms with van der Waals surface area (Å²) in [6.45, 7) is 0. The molecule has 11 aromatic rings. The molecule has 0 saturated carbocycles. The molecule has 0 saturated heterocycles. The van der Waals surface area contributed by atoms with Crippen molar-refractivity contribution in [3.63, 3.8) is 0 Å². The molecular weight excluding hydrogens is 657 g/mol. The third kappa shape index (κ3) is 4.70. The normalized spacial score (nSPS) is 11.7. The zero-order valence-corrected chi connectivity index (χ0v) is 29.3. The van der Waals surface area contributed by atoms with Gasteiger partial charge in [-0.15, -0.1) is 0 Å². The highest BCUT2D eigenvalue weighted by atomic mass is 15.0. The molecule has 4 heteroatoms. The second-order valence-electron chi connectivity index (χ2n) is 13.8. The van der Waals surface area contributed by atoms with E-state index in [-0.39, 0.29) is 0 Å². The minimum absolute atomic E-state index is 0.861. The van der Waals surface area contributed by atoms with Gasteiger partial charge >= 0.3 is 0 Å². The van der Waals surface area contributed by atoms with Crippen LogP contribution in [-0.2, 0) is 0 Å². The van der Waals surface area contributed by atoms with E-state index < -0.39 is 0 Å². The Kier molecular flexibility index (Phi) is 6.82. The second kappa shape index (κ2) is 12.1. The topological polar surface area (TPSA) is 35.6 Å². The second-order valence-corrected chi connectivity index (χ2v) is 13.8. The number of nitrogens with zero attached hydrogens (tertiary/aromatic N) is 4. The van der Waals surface area contributed by atoms with E-state index in [2.05, 4.69) is 173 Å². The van der Waals surface area contributed by atoms with Crippen LogP contribution in [0.5, 0.6) is 0 Å². The number of para-hydroxylation sites is 4. The van der Waals surface area contributed by atoms with Gasteiger partial charge in [-0.25, -0.2) is 9.97 Å². The molecule has 0 fully saturated rings. The standard InChI is InChI=1S/C50H32N4/c1-3-14-33(15-4-1)34-26-28-37(29-27-34)53-45-24-11-7-20-39(45)41-30-31-42-40-21-8-12-25-46(40)54(50(42)49(41)53)38-19-13-18-36(32-38)48-47(35-16-5-2-6-17-35)51-43-22-9-10-23-44(43)52-48/h1-32H. The summed E-state index contributed by atoms with van der Waals surface area (Å²) in [6, 6.07) is 69.0. The van der Waals surface area contributed by atoms with Gasteiger partial charge in [0.15, 0.2) is 0 Å². The van der Waals surface area contributed by atoms with Crippen LogP contribution in [0.2, 0.25) is 0 Å². The van der Waals surface area contributed by atoms with E-state index in [0.29, 0.717) is 0 Å². The van der Waals surface area contributed by atoms with Crippen LogP contribution < -0.4 is 0 Å². The molecule has 0 radical (unpaired) electrons. The smallest absolute Gasteiger partial charge is 0.0973 e. The number of benzene rings is 8. The molecule has 0 aliphatic heterocycles. The highest BCUT2D eigenvalue weighted by Crippen LogP contribution is 2.42. The first-order valence-corrected chi connectivity index (χ1v) is 18.3. The minimum Gasteiger partial charge on any atom is -0.307 e. The lowest BCUT2D eigenvalue weighted by molar-refractivity contribution is 1.15. The molecule has 0 atom stereocenters. The maximum atomic E-state index is 5.25. The fourth-order valence-corrected chi connectivity index (χ4v) is 8.26. The van der Waals surface area contributed by atoms with Gasteiger partial charge in [-0.3, -0.25) is 0 Å². The lowest BCUT2D eigenvalue weighted by Crippen LogP contribution is -2.00. The number of aromatic nitrogens is 4. The predicted molar refractivity (Wildman–Crippen MR) is 225 cm³/mol. The van der Waals surface area contributed by atoms with E-state index >= 15 is 0 Å². The molecule has 0 bridgehead atoms. The average Bonchev–Trinajstić information content (AvgIpc) is 3.77. The summed E-state index contributed by atoms with van der Waals surface area (Å²) >= 11 is 0. The fraction of sp³-hybridized carbons (Fsp3) is 0. The molecule has 0 spiro atoms. The molecule has 252 valence electrons. The maximum absolute atomic E-state index is 5.25. The Hall–Kier alpha value is -7.30. The van der Waals surface area contributed by atoms with Crippen LogP contribution >= 0.6 is 0 Å². The number of hydrogen-bond acceptors (Lipinski definition) is 2. The van der Waals surface area contributed by atoms with E-state index in [9.17, 15) is 0 Å². The van der Waals surface area contributed by atoms with Crippen LogP contribution in [-0.4, -0.2) is 19.1 Å². The Morgan fingerprint density at radius 1 is 0.296 bits per heavy atom. The summed E-state index contributed by atoms with van der Waals surface area (Å²) in [5.74, 6) is 0. The summed E-state index contributed by atoms with van der Waals surface area (Å²) in [4.78, 5) is 10.4. The molecule has 54 heavy (non-hydrogen) atoms. The van der Waals surface area contributed by atoms with Gasteiger partial charge < -0.3 is 9.13 Å². The van der Waals surface area contributed by atoms with E-state index in [4.69, 9.17) is 9.97 Å². The minimum atomic E-state index is 0.861. The van der Waals surface area contributed by atoms with E-state index in [0.717, 1.165) is 50.4 Å². The monoisotopic (exact) mass is 688 g/mol. The Morgan fingerprint density at radius 2 is 0.759 bits per heavy atom. The van der Waals surface area contributed by atoms with Crippen LogP contribution in [0.4, 0.5) is 0 Å². The largest absolute Gasteiger partial charge is 0.307 e. The highest BCUT2D eigenvalue weighted by Gasteiger charge is 2.22. The fourth-order valence-electron chi connectivity index (χ4n) is 8.26. The molecule has 11 rings (SSSR count). The maximum Gasteiger partial charge on any atom is 0.0973 e. The van der Waals surface area contributed by atoms with Crippen molar-refractivity contribution in [3.05, 3.63) is 194 Å². The van der Waals surface area contributed by atoms with Crippen LogP contribution in [0.15, 0.2) is 194 Å². The molecule has 4 nitrogen and oxygen atoms in total. The van der Waals surface area contributed by atoms with Crippen molar-refractivity contribution in [2.24, 2.45) is 0 Å². The number of rotatable bonds is 5. The lowest BCUT2D eigenvalue weighted by atomic mass is 10.0. The number of fused-ring (bicyclic) bond motifs is 8. The summed E-state index contributed by atoms with van der Waals surface area (Å²) in [6.07, 6.45) is 0. The lowest BCUT2D eigenvalue weighted by Gasteiger charge is -2.15. The van der Waals surface area contributed by atoms with Gasteiger partial charge in [0.1, 0.15) is 0 Å². The Morgan fingerprint density at radius 3 is 1.37 bits per heavy atom. The summed E-state index contributed by atoms with van der Waals surface area (Å²) in [5, 5.41) is 4.87. The SMILES string of the molecule is c1ccc(-c2ccc(-n3c4ccccc4c4ccc5c6ccccc6n(-c6cccc(-c7nc8ccccc8nc7-c7ccccc7)c6)c5c43)cc2)cc1. The average molecular weight is 689 g/mol. The van der Waals surface area contributed by atoms with E-state index in [1.165, 1.54) is 49.2 Å². The first-order chi connectivity index (χ1) is 26.8. The van der Waals surface area contributed by atoms with E-state index in [1.54, 1.807) is 0 Å². The van der Waals surface area contributed by atoms with Crippen LogP contribution in [0.3, 0.4) is 0 Å². The summed E-state index contributed by atoms with van der Waals surface area (Å²) in [7, 11) is 0. The van der Waals surface area contributed by atoms with Crippen molar-refractivity contribution in [2.45, 2.75) is 0 Å². The van der Waals surface area contributed by atoms with E-state index in [1.807, 2.05) is 30.3 Å². The third-order valence-corrected chi connectivity index (χ3v) is 10.7. The van der Waals surface area contributed by atoms with Crippen LogP contribution in [0, 0.1) is 0 Å². The van der Waals surface area contributed by atoms with Gasteiger partial charge in [-0.05, 0) is 59.7 Å². The molecule has 3 heterocycles. The van der Waals surface area contributed by atoms with Gasteiger partial charge in [0.05, 0.1) is 44.5 Å². The van der Waals surface area contributed by atoms with Gasteiger partial charge in [0.25, 0.3) is 0 Å². The van der Waals surface area contributed by atoms with Crippen LogP contribution in [0.25, 0.3) is 99.7 Å². The first-order valence-electron chi connectivity index (χ1n) is 18.3. The number of hydrogen-bond donors (Lipinski definition) is 0. The summed E-state index contributed by atoms with van der Waals surface area (Å²) in [5.41, 5.74) is 14.8. The quantitative estimate of drug-likeness (QED) is 0.180. The van der Waals surface area contributed by atoms with Gasteiger partial charge in [0, 0.05) is 44.0 Å². The molecule has 0 aliphatic carbocycles. The molecule has 0 N–H and O–H groups in total. The van der Waals surface area contributed by atoms with Crippen molar-refractivity contribution in [2.75, 3.05) is 0 Å². The van der Waals surface area contributed by atoms with Gasteiger partial charge in [-0.2, -0.15) is 0 Å². The molecule has 0 unspecified atom stereocenters. The van der Waals surface area contributed by atoms with Gasteiger partial charge in [0.2, 0.25) is 0 Å². The highest BCUT2D eigenvalue weighted by molar-refractivity contribution is 6.23. The Bertz CT molecular complexity index is 3190. The molecular formula is C50H32N4. The third-order valence-electron chi connectivity index (χ3n) is 10.7. The molecule has 0 amide bonds. The van der Waals surface area contributed by atoms with Crippen molar-refractivity contribution in [1.29, 1.82) is 0 Å². The summed E-state index contributed by atoms with van der Waals surface area (Å²) < 4.78 is 4.89. The van der Waals surface area contributed by atoms with Crippen molar-refractivity contribution >= 4 is 54.6 Å². The zero-order chi connectivity index (χ0) is 35.6. The van der Waals surface area contributed by atoms with Gasteiger partial charge in [-0.1, -0.05) is 146 Å². The Balaban J connectivity index is 1.20. The zero-order valence-electron chi connectivity index (χ0n) is 29.3. The van der Waals surface area contributed by atoms with Crippen molar-refractivity contribution in [3.8, 4) is 45.0 Å². The predicted octanol–water partition coefficient (Wildman–Crippen LogP) is 12.8. The molecule has 8 aromatic carbocycles. The van der Waals surface area contributed by atoms with Crippen molar-refractivity contribution in [1.82, 2.24) is 19.1 Å². The Labute approximate surface area is 311 Å². The first kappa shape index (κ1) is 30.3.